The predicted molar refractivity (Wildman–Crippen MR) is 109 cm³/mol. The maximum Gasteiger partial charge on any atom is 0.260 e. The van der Waals surface area contributed by atoms with Crippen molar-refractivity contribution in [3.63, 3.8) is 0 Å². The van der Waals surface area contributed by atoms with Crippen LogP contribution < -0.4 is 16.4 Å². The fourth-order valence-electron chi connectivity index (χ4n) is 5.11. The minimum atomic E-state index is -2.56. The molecule has 2 heterocycles. The first kappa shape index (κ1) is 21.7. The molecule has 3 atom stereocenters. The molecule has 0 saturated carbocycles. The average Bonchev–Trinajstić information content (AvgIpc) is 3.47. The first-order chi connectivity index (χ1) is 15.6. The highest BCUT2D eigenvalue weighted by molar-refractivity contribution is 6.33. The number of ether oxygens (including phenoxy) is 1. The summed E-state index contributed by atoms with van der Waals surface area (Å²) in [4.78, 5) is 37.3. The molecule has 5 rings (SSSR count). The summed E-state index contributed by atoms with van der Waals surface area (Å²) in [5.41, 5.74) is 3.99. The number of rotatable bonds is 5. The molecule has 0 unspecified atom stereocenters. The van der Waals surface area contributed by atoms with E-state index in [1.54, 1.807) is 0 Å². The Morgan fingerprint density at radius 1 is 1.39 bits per heavy atom. The van der Waals surface area contributed by atoms with Crippen LogP contribution in [0.4, 0.5) is 8.78 Å². The summed E-state index contributed by atoms with van der Waals surface area (Å²) in [6.45, 7) is -0.590. The van der Waals surface area contributed by atoms with Crippen LogP contribution in [0, 0.1) is 5.92 Å². The summed E-state index contributed by atoms with van der Waals surface area (Å²) >= 11 is 6.49. The van der Waals surface area contributed by atoms with E-state index in [2.05, 4.69) is 10.6 Å². The molecule has 0 radical (unpaired) electrons. The Labute approximate surface area is 190 Å². The van der Waals surface area contributed by atoms with Crippen LogP contribution in [-0.2, 0) is 27.3 Å². The Bertz CT molecular complexity index is 1210. The van der Waals surface area contributed by atoms with Crippen molar-refractivity contribution in [1.82, 2.24) is 10.6 Å². The van der Waals surface area contributed by atoms with Gasteiger partial charge in [-0.15, -0.1) is 0 Å². The molecule has 0 aromatic heterocycles. The van der Waals surface area contributed by atoms with Gasteiger partial charge >= 0.3 is 0 Å². The van der Waals surface area contributed by atoms with Crippen LogP contribution in [0.2, 0.25) is 5.02 Å². The van der Waals surface area contributed by atoms with E-state index in [9.17, 15) is 33.4 Å². The van der Waals surface area contributed by atoms with Gasteiger partial charge in [0.15, 0.2) is 17.3 Å². The number of phenols is 1. The molecule has 4 aliphatic rings. The molecule has 6 N–H and O–H groups in total. The van der Waals surface area contributed by atoms with Gasteiger partial charge in [-0.2, -0.15) is 0 Å². The number of allylic oxidation sites excluding steroid dienone is 1. The monoisotopic (exact) mass is 481 g/mol. The number of hydrogen-bond donors (Lipinski definition) is 5. The number of aliphatic hydroxyl groups is 1. The molecule has 1 saturated heterocycles. The number of nitrogens with two attached hydrogens (primary N) is 1. The number of carbonyl (C=O) groups is 3. The van der Waals surface area contributed by atoms with Crippen LogP contribution in [0.15, 0.2) is 28.7 Å². The molecule has 12 heteroatoms. The predicted octanol–water partition coefficient (Wildman–Crippen LogP) is 0.978. The number of aromatic hydroxyl groups is 1. The zero-order valence-electron chi connectivity index (χ0n) is 16.9. The Morgan fingerprint density at radius 2 is 2.12 bits per heavy atom. The molecule has 1 fully saturated rings. The van der Waals surface area contributed by atoms with Gasteiger partial charge in [-0.25, -0.2) is 8.78 Å². The fraction of sp³-hybridized carbons (Fsp3) is 0.381. The van der Waals surface area contributed by atoms with E-state index in [4.69, 9.17) is 22.1 Å². The van der Waals surface area contributed by atoms with Gasteiger partial charge in [0.2, 0.25) is 5.60 Å². The van der Waals surface area contributed by atoms with Crippen LogP contribution in [0.3, 0.4) is 0 Å². The zero-order valence-corrected chi connectivity index (χ0v) is 17.6. The largest absolute Gasteiger partial charge is 0.507 e. The number of carbonyl (C=O) groups excluding carboxylic acids is 3. The number of ketones is 1. The number of alkyl halides is 2. The molecule has 1 aromatic rings. The Hall–Kier alpha value is -3.18. The summed E-state index contributed by atoms with van der Waals surface area (Å²) in [7, 11) is 0. The molecule has 2 aliphatic heterocycles. The van der Waals surface area contributed by atoms with Gasteiger partial charge in [-0.05, 0) is 36.0 Å². The maximum atomic E-state index is 13.4. The fourth-order valence-corrected chi connectivity index (χ4v) is 5.40. The number of amides is 2. The molecule has 1 spiro atoms. The molecular weight excluding hydrogens is 464 g/mol. The molecule has 33 heavy (non-hydrogen) atoms. The van der Waals surface area contributed by atoms with Crippen molar-refractivity contribution in [2.45, 2.75) is 37.5 Å². The van der Waals surface area contributed by atoms with Crippen molar-refractivity contribution < 1.29 is 38.1 Å². The molecule has 1 aromatic carbocycles. The number of benzene rings is 1. The van der Waals surface area contributed by atoms with E-state index in [1.165, 1.54) is 6.07 Å². The molecule has 174 valence electrons. The summed E-state index contributed by atoms with van der Waals surface area (Å²) < 4.78 is 30.6. The van der Waals surface area contributed by atoms with Gasteiger partial charge < -0.3 is 31.3 Å². The minimum absolute atomic E-state index is 0.0288. The molecule has 2 aliphatic carbocycles. The zero-order chi connectivity index (χ0) is 23.8. The number of epoxide rings is 1. The maximum absolute atomic E-state index is 13.4. The third-order valence-corrected chi connectivity index (χ3v) is 7.01. The summed E-state index contributed by atoms with van der Waals surface area (Å²) in [5, 5.41) is 26.6. The van der Waals surface area contributed by atoms with Gasteiger partial charge in [0.1, 0.15) is 11.3 Å². The van der Waals surface area contributed by atoms with Crippen LogP contribution in [-0.4, -0.2) is 52.4 Å². The first-order valence-corrected chi connectivity index (χ1v) is 10.5. The second-order valence-corrected chi connectivity index (χ2v) is 8.78. The number of hydrogen-bond acceptors (Lipinski definition) is 7. The number of Topliss-reactive ketones (excluding diaryl/α,β-unsaturated/α-hetero) is 1. The smallest absolute Gasteiger partial charge is 0.260 e. The summed E-state index contributed by atoms with van der Waals surface area (Å²) in [6, 6.07) is 0.510. The third kappa shape index (κ3) is 2.95. The Kier molecular flexibility index (Phi) is 4.70. The first-order valence-electron chi connectivity index (χ1n) is 10.1. The lowest BCUT2D eigenvalue weighted by atomic mass is 9.68. The molecular formula is C21H18ClF2N3O6. The van der Waals surface area contributed by atoms with Crippen molar-refractivity contribution in [3.05, 3.63) is 50.4 Å². The van der Waals surface area contributed by atoms with E-state index in [0.717, 1.165) is 0 Å². The lowest BCUT2D eigenvalue weighted by molar-refractivity contribution is -0.124. The summed E-state index contributed by atoms with van der Waals surface area (Å²) in [6.07, 6.45) is -2.15. The lowest BCUT2D eigenvalue weighted by Gasteiger charge is -2.37. The van der Waals surface area contributed by atoms with E-state index >= 15 is 0 Å². The molecule has 0 bridgehead atoms. The third-order valence-electron chi connectivity index (χ3n) is 6.54. The van der Waals surface area contributed by atoms with Gasteiger partial charge in [0, 0.05) is 17.1 Å². The molecule has 9 nitrogen and oxygen atoms in total. The highest BCUT2D eigenvalue weighted by Gasteiger charge is 2.71. The number of phenolic OH excluding ortho intramolecular Hbond substituents is 1. The topological polar surface area (TPSA) is 154 Å². The summed E-state index contributed by atoms with van der Waals surface area (Å²) in [5.74, 6) is -3.84. The standard InChI is InChI=1S/C21H18ClF2N3O6/c22-15-7(4-26-5-11(23)24)2-9(28)13-8(15)1-6-3-10-21(18(33-21)12(6)16(13)29)17(30)14(19(25)31)20(32)27-10/h2,6,10-11,26,28,30H,1,3-5H2,(H2,25,31)(H,27,32)/t6-,10+,21+/m0/s1. The number of primary amides is 1. The number of aliphatic hydroxyl groups excluding tert-OH is 1. The van der Waals surface area contributed by atoms with E-state index < -0.39 is 59.5 Å². The van der Waals surface area contributed by atoms with Crippen LogP contribution >= 0.6 is 11.6 Å². The van der Waals surface area contributed by atoms with E-state index in [0.29, 0.717) is 11.1 Å². The van der Waals surface area contributed by atoms with Crippen molar-refractivity contribution in [3.8, 4) is 5.75 Å². The average molecular weight is 482 g/mol. The van der Waals surface area contributed by atoms with Crippen molar-refractivity contribution in [2.75, 3.05) is 6.54 Å². The van der Waals surface area contributed by atoms with Gasteiger partial charge in [0.05, 0.1) is 18.2 Å². The van der Waals surface area contributed by atoms with Crippen molar-refractivity contribution >= 4 is 29.2 Å². The minimum Gasteiger partial charge on any atom is -0.507 e. The van der Waals surface area contributed by atoms with Crippen LogP contribution in [0.5, 0.6) is 5.75 Å². The van der Waals surface area contributed by atoms with Gasteiger partial charge in [0.25, 0.3) is 18.2 Å². The van der Waals surface area contributed by atoms with E-state index in [-0.39, 0.29) is 47.1 Å². The highest BCUT2D eigenvalue weighted by Crippen LogP contribution is 2.60. The van der Waals surface area contributed by atoms with Gasteiger partial charge in [-0.1, -0.05) is 11.6 Å². The van der Waals surface area contributed by atoms with Gasteiger partial charge in [-0.3, -0.25) is 14.4 Å². The Morgan fingerprint density at radius 3 is 2.79 bits per heavy atom. The number of fused-ring (bicyclic) bond motifs is 2. The lowest BCUT2D eigenvalue weighted by Crippen LogP contribution is -2.56. The normalized spacial score (nSPS) is 27.4. The number of nitrogens with one attached hydrogen (secondary N) is 2. The second kappa shape index (κ2) is 7.16. The van der Waals surface area contributed by atoms with E-state index in [1.807, 2.05) is 0 Å². The molecule has 2 amide bonds. The highest BCUT2D eigenvalue weighted by atomic mass is 35.5. The van der Waals surface area contributed by atoms with Crippen LogP contribution in [0.25, 0.3) is 0 Å². The van der Waals surface area contributed by atoms with Crippen molar-refractivity contribution in [1.29, 1.82) is 0 Å². The Balaban J connectivity index is 1.57. The number of halogens is 3. The quantitative estimate of drug-likeness (QED) is 0.310. The second-order valence-electron chi connectivity index (χ2n) is 8.40. The van der Waals surface area contributed by atoms with Crippen molar-refractivity contribution in [2.24, 2.45) is 11.7 Å². The SMILES string of the molecule is NC(=O)C1=C(O)[C@@]23OC2=C2C(=O)c4c(O)cc(CNCC(F)F)c(Cl)c4C[C@H]2C[C@H]3NC1=O. The van der Waals surface area contributed by atoms with Crippen LogP contribution in [0.1, 0.15) is 27.9 Å².